The minimum absolute atomic E-state index is 0.0104. The van der Waals surface area contributed by atoms with Crippen LogP contribution >= 0.6 is 0 Å². The van der Waals surface area contributed by atoms with Gasteiger partial charge in [-0.3, -0.25) is 14.4 Å². The van der Waals surface area contributed by atoms with Gasteiger partial charge in [0.15, 0.2) is 5.78 Å². The second-order valence-corrected chi connectivity index (χ2v) is 10.2. The number of carbonyl (C=O) groups is 3. The first-order chi connectivity index (χ1) is 20.2. The Labute approximate surface area is 242 Å². The van der Waals surface area contributed by atoms with Gasteiger partial charge in [0.1, 0.15) is 30.5 Å². The molecule has 1 atom stereocenters. The van der Waals surface area contributed by atoms with Gasteiger partial charge in [-0.05, 0) is 52.9 Å². The molecule has 0 amide bonds. The largest absolute Gasteiger partial charge is 0.489 e. The molecule has 0 aromatic heterocycles. The van der Waals surface area contributed by atoms with E-state index in [0.717, 1.165) is 23.3 Å². The van der Waals surface area contributed by atoms with Crippen molar-refractivity contribution in [3.8, 4) is 11.5 Å². The molecule has 4 aromatic rings. The molecular formula is C34H29FO7. The zero-order valence-corrected chi connectivity index (χ0v) is 22.9. The Balaban J connectivity index is 0.000000168. The van der Waals surface area contributed by atoms with Crippen LogP contribution in [0.15, 0.2) is 78.9 Å². The summed E-state index contributed by atoms with van der Waals surface area (Å²) in [5.74, 6) is -1.44. The summed E-state index contributed by atoms with van der Waals surface area (Å²) in [5, 5.41) is 17.7. The quantitative estimate of drug-likeness (QED) is 0.290. The Kier molecular flexibility index (Phi) is 8.33. The summed E-state index contributed by atoms with van der Waals surface area (Å²) in [7, 11) is 0. The molecule has 6 rings (SSSR count). The van der Waals surface area contributed by atoms with E-state index >= 15 is 0 Å². The third-order valence-electron chi connectivity index (χ3n) is 7.38. The number of aliphatic carboxylic acids is 2. The van der Waals surface area contributed by atoms with Gasteiger partial charge in [0, 0.05) is 17.0 Å². The summed E-state index contributed by atoms with van der Waals surface area (Å²) in [4.78, 5) is 34.1. The summed E-state index contributed by atoms with van der Waals surface area (Å²) in [6.45, 7) is 2.81. The van der Waals surface area contributed by atoms with Crippen LogP contribution < -0.4 is 9.47 Å². The third kappa shape index (κ3) is 6.02. The lowest BCUT2D eigenvalue weighted by Gasteiger charge is -2.17. The maximum atomic E-state index is 13.9. The molecule has 42 heavy (non-hydrogen) atoms. The van der Waals surface area contributed by atoms with Crippen molar-refractivity contribution in [1.82, 2.24) is 0 Å². The predicted molar refractivity (Wildman–Crippen MR) is 153 cm³/mol. The van der Waals surface area contributed by atoms with E-state index in [2.05, 4.69) is 25.1 Å². The highest BCUT2D eigenvalue weighted by Crippen LogP contribution is 2.39. The summed E-state index contributed by atoms with van der Waals surface area (Å²) < 4.78 is 25.4. The number of hydrogen-bond acceptors (Lipinski definition) is 5. The number of rotatable bonds is 5. The Hall–Kier alpha value is -4.98. The lowest BCUT2D eigenvalue weighted by Crippen LogP contribution is -2.07. The molecular weight excluding hydrogens is 539 g/mol. The highest BCUT2D eigenvalue weighted by atomic mass is 19.1. The molecule has 0 bridgehead atoms. The molecule has 0 saturated carbocycles. The molecule has 0 radical (unpaired) electrons. The second kappa shape index (κ2) is 12.3. The molecule has 1 unspecified atom stereocenters. The molecule has 8 heteroatoms. The number of benzene rings is 4. The van der Waals surface area contributed by atoms with Crippen molar-refractivity contribution in [3.05, 3.63) is 129 Å². The lowest BCUT2D eigenvalue weighted by atomic mass is 9.86. The van der Waals surface area contributed by atoms with Gasteiger partial charge in [-0.15, -0.1) is 0 Å². The number of hydrogen-bond donors (Lipinski definition) is 2. The van der Waals surface area contributed by atoms with Crippen molar-refractivity contribution in [3.63, 3.8) is 0 Å². The van der Waals surface area contributed by atoms with E-state index in [4.69, 9.17) is 19.7 Å². The summed E-state index contributed by atoms with van der Waals surface area (Å²) in [6, 6.07) is 23.1. The number of ether oxygens (including phenoxy) is 2. The van der Waals surface area contributed by atoms with E-state index < -0.39 is 23.5 Å². The van der Waals surface area contributed by atoms with E-state index in [0.29, 0.717) is 29.4 Å². The molecule has 214 valence electrons. The van der Waals surface area contributed by atoms with Crippen molar-refractivity contribution in [1.29, 1.82) is 0 Å². The molecule has 0 fully saturated rings. The van der Waals surface area contributed by atoms with Crippen molar-refractivity contribution < 1.29 is 38.5 Å². The third-order valence-corrected chi connectivity index (χ3v) is 7.38. The fraction of sp³-hybridized carbons (Fsp3) is 0.206. The van der Waals surface area contributed by atoms with Crippen molar-refractivity contribution in [2.24, 2.45) is 0 Å². The summed E-state index contributed by atoms with van der Waals surface area (Å²) >= 11 is 0. The predicted octanol–water partition coefficient (Wildman–Crippen LogP) is 6.32. The average molecular weight is 569 g/mol. The number of carboxylic acid groups (broad SMARTS) is 2. The zero-order chi connectivity index (χ0) is 29.8. The number of carbonyl (C=O) groups excluding carboxylic acids is 1. The van der Waals surface area contributed by atoms with Gasteiger partial charge >= 0.3 is 11.9 Å². The Morgan fingerprint density at radius 3 is 2.17 bits per heavy atom. The van der Waals surface area contributed by atoms with Crippen molar-refractivity contribution in [2.75, 3.05) is 0 Å². The van der Waals surface area contributed by atoms with Crippen LogP contribution in [0, 0.1) is 5.82 Å². The van der Waals surface area contributed by atoms with E-state index in [1.165, 1.54) is 29.3 Å². The monoisotopic (exact) mass is 568 g/mol. The van der Waals surface area contributed by atoms with E-state index in [1.807, 2.05) is 24.3 Å². The van der Waals surface area contributed by atoms with Gasteiger partial charge in [-0.25, -0.2) is 4.39 Å². The number of fused-ring (bicyclic) bond motifs is 4. The van der Waals surface area contributed by atoms with Crippen LogP contribution in [-0.2, 0) is 35.6 Å². The first kappa shape index (κ1) is 28.5. The molecule has 0 aliphatic carbocycles. The van der Waals surface area contributed by atoms with Gasteiger partial charge in [-0.1, -0.05) is 61.5 Å². The standard InChI is InChI=1S/C18H18O3.C16H11FO4/c1-2-14-15-6-4-3-5-13(15)11-21-17-9-12(10-18(19)20)7-8-16(14)17;17-12-3-1-2-10-8-21-13-5-4-9(7-14(18)19)6-11(13)16(20)15(10)12/h3-9,14H,2,10-11H2,1H3,(H,19,20);1-6H,7-8H2,(H,18,19). The summed E-state index contributed by atoms with van der Waals surface area (Å²) in [6.07, 6.45) is 0.816. The van der Waals surface area contributed by atoms with Crippen LogP contribution in [0.2, 0.25) is 0 Å². The van der Waals surface area contributed by atoms with E-state index in [1.54, 1.807) is 18.2 Å². The molecule has 2 aliphatic heterocycles. The average Bonchev–Trinajstić information content (AvgIpc) is 3.21. The first-order valence-corrected chi connectivity index (χ1v) is 13.6. The Morgan fingerprint density at radius 1 is 0.786 bits per heavy atom. The number of carboxylic acids is 2. The minimum Gasteiger partial charge on any atom is -0.489 e. The molecule has 4 aromatic carbocycles. The first-order valence-electron chi connectivity index (χ1n) is 13.6. The topological polar surface area (TPSA) is 110 Å². The van der Waals surface area contributed by atoms with Crippen LogP contribution in [0.1, 0.15) is 68.6 Å². The highest BCUT2D eigenvalue weighted by Gasteiger charge is 2.26. The molecule has 2 N–H and O–H groups in total. The fourth-order valence-electron chi connectivity index (χ4n) is 5.44. The maximum Gasteiger partial charge on any atom is 0.307 e. The highest BCUT2D eigenvalue weighted by molar-refractivity contribution is 6.12. The van der Waals surface area contributed by atoms with Gasteiger partial charge < -0.3 is 19.7 Å². The minimum atomic E-state index is -0.997. The molecule has 7 nitrogen and oxygen atoms in total. The van der Waals surface area contributed by atoms with Gasteiger partial charge in [0.2, 0.25) is 0 Å². The zero-order valence-electron chi connectivity index (χ0n) is 22.9. The van der Waals surface area contributed by atoms with Gasteiger partial charge in [0.05, 0.1) is 24.0 Å². The van der Waals surface area contributed by atoms with Crippen LogP contribution in [0.4, 0.5) is 4.39 Å². The van der Waals surface area contributed by atoms with Gasteiger partial charge in [0.25, 0.3) is 0 Å². The smallest absolute Gasteiger partial charge is 0.307 e. The van der Waals surface area contributed by atoms with Crippen LogP contribution in [0.5, 0.6) is 11.5 Å². The van der Waals surface area contributed by atoms with Crippen LogP contribution in [0.25, 0.3) is 0 Å². The number of ketones is 1. The SMILES string of the molecule is CCC1c2ccccc2COc2cc(CC(=O)O)ccc21.O=C(O)Cc1ccc2c(c1)C(=O)c1c(F)cccc1CO2. The van der Waals surface area contributed by atoms with Crippen molar-refractivity contribution >= 4 is 17.7 Å². The lowest BCUT2D eigenvalue weighted by molar-refractivity contribution is -0.137. The molecule has 0 saturated heterocycles. The second-order valence-electron chi connectivity index (χ2n) is 10.2. The normalized spacial score (nSPS) is 14.6. The van der Waals surface area contributed by atoms with Gasteiger partial charge in [-0.2, -0.15) is 0 Å². The van der Waals surface area contributed by atoms with E-state index in [-0.39, 0.29) is 30.6 Å². The Morgan fingerprint density at radius 2 is 1.43 bits per heavy atom. The fourth-order valence-corrected chi connectivity index (χ4v) is 5.44. The van der Waals surface area contributed by atoms with Crippen LogP contribution in [0.3, 0.4) is 0 Å². The Bertz CT molecular complexity index is 1680. The maximum absolute atomic E-state index is 13.9. The van der Waals surface area contributed by atoms with E-state index in [9.17, 15) is 18.8 Å². The molecule has 0 spiro atoms. The summed E-state index contributed by atoms with van der Waals surface area (Å²) in [5.41, 5.74) is 5.58. The number of halogens is 1. The molecule has 2 heterocycles. The molecule has 2 aliphatic rings. The van der Waals surface area contributed by atoms with Crippen LogP contribution in [-0.4, -0.2) is 27.9 Å². The van der Waals surface area contributed by atoms with Crippen molar-refractivity contribution in [2.45, 2.75) is 45.3 Å².